The highest BCUT2D eigenvalue weighted by atomic mass is 15.6. The van der Waals surface area contributed by atoms with Crippen LogP contribution >= 0.6 is 0 Å². The summed E-state index contributed by atoms with van der Waals surface area (Å²) in [6, 6.07) is 0.652. The fourth-order valence-electron chi connectivity index (χ4n) is 1.56. The van der Waals surface area contributed by atoms with Crippen LogP contribution in [0.3, 0.4) is 0 Å². The summed E-state index contributed by atoms with van der Waals surface area (Å²) in [5.41, 5.74) is 0.889. The van der Waals surface area contributed by atoms with Crippen molar-refractivity contribution in [2.75, 3.05) is 0 Å². The first-order valence-corrected chi connectivity index (χ1v) is 5.32. The average Bonchev–Trinajstić information content (AvgIpc) is 2.82. The van der Waals surface area contributed by atoms with Gasteiger partial charge in [-0.2, -0.15) is 9.78 Å². The van der Waals surface area contributed by atoms with Gasteiger partial charge in [0, 0.05) is 13.1 Å². The third-order valence-electron chi connectivity index (χ3n) is 2.60. The SMILES string of the molecule is Cn1cc(-n2nnnc2CNC2CC2)cn1. The fourth-order valence-corrected chi connectivity index (χ4v) is 1.56. The van der Waals surface area contributed by atoms with Crippen molar-refractivity contribution < 1.29 is 0 Å². The summed E-state index contributed by atoms with van der Waals surface area (Å²) < 4.78 is 3.44. The molecule has 0 unspecified atom stereocenters. The number of nitrogens with zero attached hydrogens (tertiary/aromatic N) is 6. The summed E-state index contributed by atoms with van der Waals surface area (Å²) in [4.78, 5) is 0. The van der Waals surface area contributed by atoms with Crippen LogP contribution in [0.25, 0.3) is 5.69 Å². The van der Waals surface area contributed by atoms with Gasteiger partial charge in [-0.05, 0) is 23.3 Å². The fraction of sp³-hybridized carbons (Fsp3) is 0.556. The maximum Gasteiger partial charge on any atom is 0.170 e. The van der Waals surface area contributed by atoms with Crippen LogP contribution in [0.4, 0.5) is 0 Å². The first kappa shape index (κ1) is 9.46. The first-order valence-electron chi connectivity index (χ1n) is 5.32. The van der Waals surface area contributed by atoms with Crippen molar-refractivity contribution in [2.45, 2.75) is 25.4 Å². The zero-order chi connectivity index (χ0) is 11.0. The molecule has 7 nitrogen and oxygen atoms in total. The molecule has 3 rings (SSSR count). The van der Waals surface area contributed by atoms with Gasteiger partial charge in [0.2, 0.25) is 0 Å². The van der Waals surface area contributed by atoms with Crippen molar-refractivity contribution in [1.82, 2.24) is 35.3 Å². The quantitative estimate of drug-likeness (QED) is 0.760. The van der Waals surface area contributed by atoms with Crippen LogP contribution < -0.4 is 5.32 Å². The van der Waals surface area contributed by atoms with Gasteiger partial charge in [-0.25, -0.2) is 0 Å². The summed E-state index contributed by atoms with van der Waals surface area (Å²) in [6.07, 6.45) is 6.15. The van der Waals surface area contributed by atoms with Crippen LogP contribution in [0, 0.1) is 0 Å². The number of hydrogen-bond donors (Lipinski definition) is 1. The number of nitrogens with one attached hydrogen (secondary N) is 1. The zero-order valence-corrected chi connectivity index (χ0v) is 9.04. The minimum atomic E-state index is 0.652. The lowest BCUT2D eigenvalue weighted by Crippen LogP contribution is -2.18. The monoisotopic (exact) mass is 219 g/mol. The second-order valence-electron chi connectivity index (χ2n) is 4.03. The topological polar surface area (TPSA) is 73.5 Å². The average molecular weight is 219 g/mol. The van der Waals surface area contributed by atoms with E-state index in [0.29, 0.717) is 12.6 Å². The van der Waals surface area contributed by atoms with Gasteiger partial charge in [-0.15, -0.1) is 5.10 Å². The van der Waals surface area contributed by atoms with Crippen LogP contribution in [0.5, 0.6) is 0 Å². The van der Waals surface area contributed by atoms with Crippen LogP contribution in [-0.2, 0) is 13.6 Å². The van der Waals surface area contributed by atoms with E-state index < -0.39 is 0 Å². The third-order valence-corrected chi connectivity index (χ3v) is 2.60. The highest BCUT2D eigenvalue weighted by Crippen LogP contribution is 2.19. The number of hydrogen-bond acceptors (Lipinski definition) is 5. The van der Waals surface area contributed by atoms with Crippen LogP contribution in [-0.4, -0.2) is 36.0 Å². The Morgan fingerprint density at radius 2 is 2.38 bits per heavy atom. The van der Waals surface area contributed by atoms with Crippen LogP contribution in [0.2, 0.25) is 0 Å². The van der Waals surface area contributed by atoms with E-state index in [1.165, 1.54) is 12.8 Å². The molecule has 1 aliphatic carbocycles. The van der Waals surface area contributed by atoms with Gasteiger partial charge in [0.1, 0.15) is 5.69 Å². The van der Waals surface area contributed by atoms with E-state index in [4.69, 9.17) is 0 Å². The Morgan fingerprint density at radius 3 is 3.06 bits per heavy atom. The summed E-state index contributed by atoms with van der Waals surface area (Å²) >= 11 is 0. The van der Waals surface area contributed by atoms with Crippen molar-refractivity contribution in [3.05, 3.63) is 18.2 Å². The molecule has 0 aliphatic heterocycles. The lowest BCUT2D eigenvalue weighted by molar-refractivity contribution is 0.637. The van der Waals surface area contributed by atoms with Gasteiger partial charge in [0.15, 0.2) is 5.82 Å². The largest absolute Gasteiger partial charge is 0.307 e. The third kappa shape index (κ3) is 1.81. The molecule has 16 heavy (non-hydrogen) atoms. The molecular formula is C9H13N7. The molecule has 1 saturated carbocycles. The van der Waals surface area contributed by atoms with Gasteiger partial charge in [0.05, 0.1) is 18.9 Å². The van der Waals surface area contributed by atoms with E-state index in [2.05, 4.69) is 25.9 Å². The molecule has 0 amide bonds. The normalized spacial score (nSPS) is 15.6. The van der Waals surface area contributed by atoms with Gasteiger partial charge < -0.3 is 5.32 Å². The van der Waals surface area contributed by atoms with Crippen molar-refractivity contribution in [3.8, 4) is 5.69 Å². The standard InChI is InChI=1S/C9H13N7/c1-15-6-8(4-11-15)16-9(12-13-14-16)5-10-7-2-3-7/h4,6-7,10H,2-3,5H2,1H3. The van der Waals surface area contributed by atoms with Gasteiger partial charge >= 0.3 is 0 Å². The summed E-state index contributed by atoms with van der Waals surface area (Å²) in [6.45, 7) is 0.701. The Balaban J connectivity index is 1.80. The Bertz CT molecular complexity index is 482. The molecule has 1 aliphatic rings. The van der Waals surface area contributed by atoms with Crippen LogP contribution in [0.15, 0.2) is 12.4 Å². The van der Waals surface area contributed by atoms with Crippen molar-refractivity contribution >= 4 is 0 Å². The van der Waals surface area contributed by atoms with E-state index >= 15 is 0 Å². The maximum absolute atomic E-state index is 4.10. The Labute approximate surface area is 92.4 Å². The first-order chi connectivity index (χ1) is 7.83. The molecule has 0 aromatic carbocycles. The van der Waals surface area contributed by atoms with E-state index in [9.17, 15) is 0 Å². The van der Waals surface area contributed by atoms with E-state index in [-0.39, 0.29) is 0 Å². The lowest BCUT2D eigenvalue weighted by Gasteiger charge is -2.02. The lowest BCUT2D eigenvalue weighted by atomic mass is 10.5. The van der Waals surface area contributed by atoms with E-state index in [1.54, 1.807) is 15.6 Å². The second-order valence-corrected chi connectivity index (χ2v) is 4.03. The molecule has 7 heteroatoms. The Hall–Kier alpha value is -1.76. The van der Waals surface area contributed by atoms with Gasteiger partial charge in [0.25, 0.3) is 0 Å². The number of aryl methyl sites for hydroxylation is 1. The molecular weight excluding hydrogens is 206 g/mol. The maximum atomic E-state index is 4.10. The van der Waals surface area contributed by atoms with E-state index in [1.807, 2.05) is 13.2 Å². The molecule has 0 radical (unpaired) electrons. The number of aromatic nitrogens is 6. The summed E-state index contributed by atoms with van der Waals surface area (Å²) in [5.74, 6) is 0.819. The van der Waals surface area contributed by atoms with Crippen molar-refractivity contribution in [1.29, 1.82) is 0 Å². The highest BCUT2D eigenvalue weighted by Gasteiger charge is 2.21. The number of tetrazole rings is 1. The molecule has 84 valence electrons. The van der Waals surface area contributed by atoms with Crippen molar-refractivity contribution in [2.24, 2.45) is 7.05 Å². The summed E-state index contributed by atoms with van der Waals surface area (Å²) in [7, 11) is 1.87. The van der Waals surface area contributed by atoms with E-state index in [0.717, 1.165) is 11.5 Å². The zero-order valence-electron chi connectivity index (χ0n) is 9.04. The van der Waals surface area contributed by atoms with Crippen molar-refractivity contribution in [3.63, 3.8) is 0 Å². The predicted octanol–water partition coefficient (Wildman–Crippen LogP) is -0.352. The predicted molar refractivity (Wildman–Crippen MR) is 55.8 cm³/mol. The molecule has 0 atom stereocenters. The molecule has 2 aromatic heterocycles. The molecule has 0 saturated heterocycles. The summed E-state index contributed by atoms with van der Waals surface area (Å²) in [5, 5.41) is 19.1. The van der Waals surface area contributed by atoms with Gasteiger partial charge in [-0.1, -0.05) is 0 Å². The second kappa shape index (κ2) is 3.67. The minimum Gasteiger partial charge on any atom is -0.307 e. The highest BCUT2D eigenvalue weighted by molar-refractivity contribution is 5.24. The smallest absolute Gasteiger partial charge is 0.170 e. The minimum absolute atomic E-state index is 0.652. The molecule has 1 N–H and O–H groups in total. The molecule has 1 fully saturated rings. The number of rotatable bonds is 4. The van der Waals surface area contributed by atoms with Crippen LogP contribution in [0.1, 0.15) is 18.7 Å². The molecule has 0 bridgehead atoms. The molecule has 0 spiro atoms. The molecule has 2 aromatic rings. The molecule has 2 heterocycles. The van der Waals surface area contributed by atoms with Gasteiger partial charge in [-0.3, -0.25) is 4.68 Å². The Kier molecular flexibility index (Phi) is 2.17. The Morgan fingerprint density at radius 1 is 1.50 bits per heavy atom.